The van der Waals surface area contributed by atoms with Gasteiger partial charge in [-0.25, -0.2) is 0 Å². The van der Waals surface area contributed by atoms with Gasteiger partial charge in [0.1, 0.15) is 11.3 Å². The maximum atomic E-state index is 12.8. The molecule has 24 heavy (non-hydrogen) atoms. The van der Waals surface area contributed by atoms with Gasteiger partial charge in [-0.1, -0.05) is 12.1 Å². The highest BCUT2D eigenvalue weighted by Crippen LogP contribution is 2.36. The molecule has 1 atom stereocenters. The van der Waals surface area contributed by atoms with Crippen molar-refractivity contribution in [3.05, 3.63) is 48.4 Å². The summed E-state index contributed by atoms with van der Waals surface area (Å²) in [4.78, 5) is 26.8. The molecule has 0 radical (unpaired) electrons. The van der Waals surface area contributed by atoms with Gasteiger partial charge in [-0.2, -0.15) is 0 Å². The summed E-state index contributed by atoms with van der Waals surface area (Å²) in [6.07, 6.45) is 1.60. The number of hydrogen-bond donors (Lipinski definition) is 2. The maximum absolute atomic E-state index is 12.8. The fraction of sp³-hybridized carbons (Fsp3) is 0.333. The van der Waals surface area contributed by atoms with Crippen LogP contribution in [0.5, 0.6) is 0 Å². The molecule has 0 saturated carbocycles. The van der Waals surface area contributed by atoms with Crippen LogP contribution in [0, 0.1) is 0 Å². The van der Waals surface area contributed by atoms with Crippen molar-refractivity contribution in [2.75, 3.05) is 16.8 Å². The highest BCUT2D eigenvalue weighted by Gasteiger charge is 2.43. The smallest absolute Gasteiger partial charge is 0.250 e. The Morgan fingerprint density at radius 2 is 2.04 bits per heavy atom. The third-order valence-corrected chi connectivity index (χ3v) is 4.29. The number of amides is 2. The largest absolute Gasteiger partial charge is 0.468 e. The van der Waals surface area contributed by atoms with Gasteiger partial charge in [-0.05, 0) is 45.0 Å². The van der Waals surface area contributed by atoms with E-state index in [4.69, 9.17) is 4.42 Å². The minimum atomic E-state index is -0.957. The molecular weight excluding hydrogens is 306 g/mol. The van der Waals surface area contributed by atoms with Gasteiger partial charge < -0.3 is 9.73 Å². The van der Waals surface area contributed by atoms with E-state index in [9.17, 15) is 9.59 Å². The summed E-state index contributed by atoms with van der Waals surface area (Å²) < 4.78 is 5.34. The minimum Gasteiger partial charge on any atom is -0.468 e. The lowest BCUT2D eigenvalue weighted by Gasteiger charge is -2.42. The van der Waals surface area contributed by atoms with Crippen LogP contribution in [0.2, 0.25) is 0 Å². The summed E-state index contributed by atoms with van der Waals surface area (Å²) in [5.41, 5.74) is 0.398. The van der Waals surface area contributed by atoms with Crippen LogP contribution in [-0.2, 0) is 9.59 Å². The highest BCUT2D eigenvalue weighted by molar-refractivity contribution is 6.14. The highest BCUT2D eigenvalue weighted by atomic mass is 16.3. The fourth-order valence-electron chi connectivity index (χ4n) is 2.86. The van der Waals surface area contributed by atoms with E-state index in [1.165, 1.54) is 0 Å². The third kappa shape index (κ3) is 2.80. The Hall–Kier alpha value is -2.60. The van der Waals surface area contributed by atoms with E-state index in [2.05, 4.69) is 10.6 Å². The average molecular weight is 327 g/mol. The van der Waals surface area contributed by atoms with E-state index in [1.807, 2.05) is 37.3 Å². The standard InChI is InChI=1S/C18H21N3O3/c1-12(15-9-6-10-24-15)19-11-16(22)21-14-8-5-4-7-13(14)20-17(23)18(21,2)3/h4-10,12,19H,11H2,1-3H3,(H,20,23)/t12-/m1/s1. The Labute approximate surface area is 140 Å². The number of nitrogens with zero attached hydrogens (tertiary/aromatic N) is 1. The van der Waals surface area contributed by atoms with Gasteiger partial charge >= 0.3 is 0 Å². The van der Waals surface area contributed by atoms with Crippen LogP contribution in [0.4, 0.5) is 11.4 Å². The topological polar surface area (TPSA) is 74.6 Å². The molecule has 0 saturated heterocycles. The predicted octanol–water partition coefficient (Wildman–Crippen LogP) is 2.69. The number of benzene rings is 1. The lowest BCUT2D eigenvalue weighted by Crippen LogP contribution is -2.60. The molecule has 6 nitrogen and oxygen atoms in total. The summed E-state index contributed by atoms with van der Waals surface area (Å²) >= 11 is 0. The van der Waals surface area contributed by atoms with Crippen LogP contribution in [0.3, 0.4) is 0 Å². The summed E-state index contributed by atoms with van der Waals surface area (Å²) in [5, 5.41) is 6.00. The van der Waals surface area contributed by atoms with E-state index in [0.29, 0.717) is 11.4 Å². The molecule has 2 amide bonds. The lowest BCUT2D eigenvalue weighted by molar-refractivity contribution is -0.126. The summed E-state index contributed by atoms with van der Waals surface area (Å²) in [6.45, 7) is 5.51. The molecule has 1 aliphatic rings. The van der Waals surface area contributed by atoms with Crippen LogP contribution in [0.25, 0.3) is 0 Å². The summed E-state index contributed by atoms with van der Waals surface area (Å²) in [7, 11) is 0. The van der Waals surface area contributed by atoms with E-state index in [-0.39, 0.29) is 24.4 Å². The first-order valence-corrected chi connectivity index (χ1v) is 7.91. The van der Waals surface area contributed by atoms with Crippen molar-refractivity contribution in [2.24, 2.45) is 0 Å². The first kappa shape index (κ1) is 16.3. The van der Waals surface area contributed by atoms with Crippen LogP contribution < -0.4 is 15.5 Å². The number of carbonyl (C=O) groups is 2. The zero-order valence-electron chi connectivity index (χ0n) is 14.0. The van der Waals surface area contributed by atoms with Gasteiger partial charge in [0.05, 0.1) is 30.2 Å². The van der Waals surface area contributed by atoms with E-state index < -0.39 is 5.54 Å². The van der Waals surface area contributed by atoms with Gasteiger partial charge in [0, 0.05) is 0 Å². The van der Waals surface area contributed by atoms with Crippen molar-refractivity contribution in [3.8, 4) is 0 Å². The number of anilines is 2. The Morgan fingerprint density at radius 3 is 2.75 bits per heavy atom. The van der Waals surface area contributed by atoms with E-state index in [0.717, 1.165) is 5.76 Å². The molecule has 0 bridgehead atoms. The second-order valence-corrected chi connectivity index (χ2v) is 6.38. The molecule has 2 aromatic rings. The number of carbonyl (C=O) groups excluding carboxylic acids is 2. The quantitative estimate of drug-likeness (QED) is 0.905. The zero-order chi connectivity index (χ0) is 17.3. The first-order valence-electron chi connectivity index (χ1n) is 7.91. The van der Waals surface area contributed by atoms with Gasteiger partial charge in [-0.15, -0.1) is 0 Å². The molecule has 3 rings (SSSR count). The van der Waals surface area contributed by atoms with Crippen LogP contribution in [0.15, 0.2) is 47.1 Å². The first-order chi connectivity index (χ1) is 11.4. The Morgan fingerprint density at radius 1 is 1.29 bits per heavy atom. The molecular formula is C18H21N3O3. The van der Waals surface area contributed by atoms with Crippen molar-refractivity contribution in [2.45, 2.75) is 32.4 Å². The molecule has 0 aliphatic carbocycles. The van der Waals surface area contributed by atoms with Gasteiger partial charge in [0.25, 0.3) is 0 Å². The molecule has 0 fully saturated rings. The van der Waals surface area contributed by atoms with Crippen molar-refractivity contribution in [1.29, 1.82) is 0 Å². The van der Waals surface area contributed by atoms with Crippen LogP contribution in [0.1, 0.15) is 32.6 Å². The number of nitrogens with one attached hydrogen (secondary N) is 2. The second kappa shape index (κ2) is 6.13. The second-order valence-electron chi connectivity index (χ2n) is 6.38. The minimum absolute atomic E-state index is 0.0964. The third-order valence-electron chi connectivity index (χ3n) is 4.29. The summed E-state index contributed by atoms with van der Waals surface area (Å²) in [5.74, 6) is 0.396. The number of para-hydroxylation sites is 2. The monoisotopic (exact) mass is 327 g/mol. The molecule has 1 aliphatic heterocycles. The SMILES string of the molecule is C[C@@H](NCC(=O)N1c2ccccc2NC(=O)C1(C)C)c1ccco1. The number of hydrogen-bond acceptors (Lipinski definition) is 4. The van der Waals surface area contributed by atoms with E-state index >= 15 is 0 Å². The molecule has 0 unspecified atom stereocenters. The van der Waals surface area contributed by atoms with Crippen molar-refractivity contribution in [1.82, 2.24) is 5.32 Å². The molecule has 126 valence electrons. The normalized spacial score (nSPS) is 17.1. The zero-order valence-corrected chi connectivity index (χ0v) is 14.0. The molecule has 0 spiro atoms. The van der Waals surface area contributed by atoms with Crippen molar-refractivity contribution in [3.63, 3.8) is 0 Å². The van der Waals surface area contributed by atoms with Gasteiger partial charge in [0.2, 0.25) is 11.8 Å². The molecule has 1 aromatic heterocycles. The maximum Gasteiger partial charge on any atom is 0.250 e. The summed E-state index contributed by atoms with van der Waals surface area (Å²) in [6, 6.07) is 10.9. The van der Waals surface area contributed by atoms with Crippen molar-refractivity contribution < 1.29 is 14.0 Å². The molecule has 6 heteroatoms. The van der Waals surface area contributed by atoms with Gasteiger partial charge in [-0.3, -0.25) is 19.8 Å². The Bertz CT molecular complexity index is 753. The Kier molecular flexibility index (Phi) is 4.15. The molecule has 2 heterocycles. The average Bonchev–Trinajstić information content (AvgIpc) is 3.08. The van der Waals surface area contributed by atoms with Gasteiger partial charge in [0.15, 0.2) is 0 Å². The van der Waals surface area contributed by atoms with Crippen molar-refractivity contribution >= 4 is 23.2 Å². The van der Waals surface area contributed by atoms with E-state index in [1.54, 1.807) is 31.1 Å². The van der Waals surface area contributed by atoms with Crippen LogP contribution >= 0.6 is 0 Å². The fourth-order valence-corrected chi connectivity index (χ4v) is 2.86. The number of rotatable bonds is 4. The Balaban J connectivity index is 1.81. The van der Waals surface area contributed by atoms with Crippen LogP contribution in [-0.4, -0.2) is 23.9 Å². The number of furan rings is 1. The number of fused-ring (bicyclic) bond motifs is 1. The molecule has 1 aromatic carbocycles. The predicted molar refractivity (Wildman–Crippen MR) is 91.8 cm³/mol. The molecule has 2 N–H and O–H groups in total. The lowest BCUT2D eigenvalue weighted by atomic mass is 9.96.